The number of ether oxygens (including phenoxy) is 2. The predicted molar refractivity (Wildman–Crippen MR) is 71.5 cm³/mol. The van der Waals surface area contributed by atoms with Gasteiger partial charge in [-0.1, -0.05) is 13.3 Å². The molecule has 5 heteroatoms. The summed E-state index contributed by atoms with van der Waals surface area (Å²) in [5, 5.41) is 10.0. The molecule has 0 heterocycles. The lowest BCUT2D eigenvalue weighted by Crippen LogP contribution is -2.25. The van der Waals surface area contributed by atoms with Gasteiger partial charge >= 0.3 is 11.9 Å². The van der Waals surface area contributed by atoms with Crippen LogP contribution < -0.4 is 0 Å². The van der Waals surface area contributed by atoms with Gasteiger partial charge in [-0.15, -0.1) is 0 Å². The van der Waals surface area contributed by atoms with Crippen LogP contribution in [0.3, 0.4) is 0 Å². The Bertz CT molecular complexity index is 265. The van der Waals surface area contributed by atoms with Crippen LogP contribution in [0.4, 0.5) is 0 Å². The molecule has 5 nitrogen and oxygen atoms in total. The van der Waals surface area contributed by atoms with Gasteiger partial charge in [-0.25, -0.2) is 0 Å². The maximum atomic E-state index is 11.3. The molecule has 0 radical (unpaired) electrons. The van der Waals surface area contributed by atoms with Crippen molar-refractivity contribution in [2.45, 2.75) is 58.5 Å². The zero-order chi connectivity index (χ0) is 14.7. The molecule has 0 saturated heterocycles. The van der Waals surface area contributed by atoms with E-state index in [-0.39, 0.29) is 24.3 Å². The van der Waals surface area contributed by atoms with Gasteiger partial charge in [-0.05, 0) is 32.1 Å². The van der Waals surface area contributed by atoms with E-state index in [4.69, 9.17) is 4.74 Å². The van der Waals surface area contributed by atoms with Crippen molar-refractivity contribution in [1.82, 2.24) is 0 Å². The molecule has 0 fully saturated rings. The number of aliphatic hydroxyl groups excluding tert-OH is 1. The van der Waals surface area contributed by atoms with Gasteiger partial charge in [0.05, 0.1) is 26.2 Å². The first-order valence-electron chi connectivity index (χ1n) is 6.95. The van der Waals surface area contributed by atoms with Crippen LogP contribution in [0, 0.1) is 5.92 Å². The van der Waals surface area contributed by atoms with Crippen molar-refractivity contribution in [2.75, 3.05) is 13.7 Å². The smallest absolute Gasteiger partial charge is 0.308 e. The second-order valence-corrected chi connectivity index (χ2v) is 4.59. The van der Waals surface area contributed by atoms with E-state index in [1.54, 1.807) is 6.92 Å². The third-order valence-electron chi connectivity index (χ3n) is 3.07. The van der Waals surface area contributed by atoms with Crippen molar-refractivity contribution in [3.63, 3.8) is 0 Å². The van der Waals surface area contributed by atoms with Crippen molar-refractivity contribution in [1.29, 1.82) is 0 Å². The number of aliphatic hydroxyl groups is 1. The van der Waals surface area contributed by atoms with Crippen LogP contribution in [-0.4, -0.2) is 36.9 Å². The third kappa shape index (κ3) is 8.59. The summed E-state index contributed by atoms with van der Waals surface area (Å²) in [4.78, 5) is 22.4. The Morgan fingerprint density at radius 3 is 2.37 bits per heavy atom. The van der Waals surface area contributed by atoms with Gasteiger partial charge in [0, 0.05) is 6.42 Å². The summed E-state index contributed by atoms with van der Waals surface area (Å²) < 4.78 is 9.40. The van der Waals surface area contributed by atoms with E-state index in [9.17, 15) is 14.7 Å². The summed E-state index contributed by atoms with van der Waals surface area (Å²) in [6.45, 7) is 4.10. The van der Waals surface area contributed by atoms with Crippen LogP contribution in [0.5, 0.6) is 0 Å². The zero-order valence-electron chi connectivity index (χ0n) is 12.2. The molecular formula is C14H26O5. The average Bonchev–Trinajstić information content (AvgIpc) is 2.37. The molecule has 112 valence electrons. The molecule has 1 N–H and O–H groups in total. The molecule has 19 heavy (non-hydrogen) atoms. The third-order valence-corrected chi connectivity index (χ3v) is 3.07. The van der Waals surface area contributed by atoms with Gasteiger partial charge in [0.2, 0.25) is 0 Å². The van der Waals surface area contributed by atoms with Crippen molar-refractivity contribution in [3.05, 3.63) is 0 Å². The topological polar surface area (TPSA) is 72.8 Å². The van der Waals surface area contributed by atoms with E-state index in [2.05, 4.69) is 4.74 Å². The highest BCUT2D eigenvalue weighted by Crippen LogP contribution is 2.21. The Balaban J connectivity index is 4.14. The Kier molecular flexibility index (Phi) is 10.2. The van der Waals surface area contributed by atoms with Gasteiger partial charge in [0.1, 0.15) is 0 Å². The molecule has 0 aliphatic rings. The van der Waals surface area contributed by atoms with Gasteiger partial charge in [-0.3, -0.25) is 9.59 Å². The number of hydrogen-bond donors (Lipinski definition) is 1. The molecular weight excluding hydrogens is 248 g/mol. The van der Waals surface area contributed by atoms with Crippen molar-refractivity contribution in [2.24, 2.45) is 5.92 Å². The highest BCUT2D eigenvalue weighted by molar-refractivity contribution is 5.70. The molecule has 0 spiro atoms. The average molecular weight is 274 g/mol. The molecule has 0 bridgehead atoms. The fraction of sp³-hybridized carbons (Fsp3) is 0.857. The Hall–Kier alpha value is -1.10. The minimum atomic E-state index is -0.698. The maximum Gasteiger partial charge on any atom is 0.308 e. The van der Waals surface area contributed by atoms with Crippen LogP contribution >= 0.6 is 0 Å². The van der Waals surface area contributed by atoms with E-state index in [1.807, 2.05) is 6.92 Å². The summed E-state index contributed by atoms with van der Waals surface area (Å²) in [7, 11) is 1.36. The quantitative estimate of drug-likeness (QED) is 0.617. The molecule has 0 aliphatic heterocycles. The number of carbonyl (C=O) groups excluding carboxylic acids is 2. The van der Waals surface area contributed by atoms with Crippen LogP contribution in [-0.2, 0) is 19.1 Å². The molecule has 0 aromatic heterocycles. The van der Waals surface area contributed by atoms with Crippen molar-refractivity contribution in [3.8, 4) is 0 Å². The Morgan fingerprint density at radius 2 is 1.84 bits per heavy atom. The number of rotatable bonds is 10. The number of carbonyl (C=O) groups is 2. The van der Waals surface area contributed by atoms with Gasteiger partial charge in [0.15, 0.2) is 0 Å². The first kappa shape index (κ1) is 17.9. The monoisotopic (exact) mass is 274 g/mol. The van der Waals surface area contributed by atoms with Gasteiger partial charge in [-0.2, -0.15) is 0 Å². The lowest BCUT2D eigenvalue weighted by molar-refractivity contribution is -0.146. The highest BCUT2D eigenvalue weighted by atomic mass is 16.5. The molecule has 0 saturated carbocycles. The van der Waals surface area contributed by atoms with E-state index in [1.165, 1.54) is 7.11 Å². The van der Waals surface area contributed by atoms with Crippen LogP contribution in [0.2, 0.25) is 0 Å². The first-order chi connectivity index (χ1) is 9.04. The van der Waals surface area contributed by atoms with Crippen LogP contribution in [0.15, 0.2) is 0 Å². The lowest BCUT2D eigenvalue weighted by Gasteiger charge is -2.21. The largest absolute Gasteiger partial charge is 0.469 e. The molecule has 0 aromatic carbocycles. The van der Waals surface area contributed by atoms with Gasteiger partial charge < -0.3 is 14.6 Å². The molecule has 2 atom stereocenters. The van der Waals surface area contributed by atoms with Gasteiger partial charge in [0.25, 0.3) is 0 Å². The first-order valence-corrected chi connectivity index (χ1v) is 6.95. The summed E-state index contributed by atoms with van der Waals surface area (Å²) in [5.74, 6) is -0.585. The maximum absolute atomic E-state index is 11.3. The molecule has 0 aliphatic carbocycles. The van der Waals surface area contributed by atoms with E-state index >= 15 is 0 Å². The number of methoxy groups -OCH3 is 1. The summed E-state index contributed by atoms with van der Waals surface area (Å²) >= 11 is 0. The number of hydrogen-bond acceptors (Lipinski definition) is 5. The standard InChI is InChI=1S/C14H26O5/c1-4-7-11(8-6-9-13(16)18-3)12(15)10-14(17)19-5-2/h11-12,15H,4-10H2,1-3H3/t11-,12?/m0/s1. The second kappa shape index (κ2) is 10.8. The van der Waals surface area contributed by atoms with E-state index in [0.29, 0.717) is 25.9 Å². The zero-order valence-corrected chi connectivity index (χ0v) is 12.2. The van der Waals surface area contributed by atoms with Crippen LogP contribution in [0.1, 0.15) is 52.4 Å². The molecule has 0 aromatic rings. The fourth-order valence-electron chi connectivity index (χ4n) is 2.07. The number of esters is 2. The Labute approximate surface area is 115 Å². The predicted octanol–water partition coefficient (Wildman–Crippen LogP) is 2.06. The molecule has 0 amide bonds. The van der Waals surface area contributed by atoms with Crippen molar-refractivity contribution < 1.29 is 24.2 Å². The van der Waals surface area contributed by atoms with E-state index < -0.39 is 6.10 Å². The van der Waals surface area contributed by atoms with Crippen LogP contribution in [0.25, 0.3) is 0 Å². The lowest BCUT2D eigenvalue weighted by atomic mass is 9.90. The minimum Gasteiger partial charge on any atom is -0.469 e. The minimum absolute atomic E-state index is 0.0245. The summed E-state index contributed by atoms with van der Waals surface area (Å²) in [6, 6.07) is 0. The Morgan fingerprint density at radius 1 is 1.16 bits per heavy atom. The molecule has 1 unspecified atom stereocenters. The normalized spacial score (nSPS) is 13.7. The summed E-state index contributed by atoms with van der Waals surface area (Å²) in [6.07, 6.45) is 2.82. The molecule has 0 rings (SSSR count). The summed E-state index contributed by atoms with van der Waals surface area (Å²) in [5.41, 5.74) is 0. The van der Waals surface area contributed by atoms with E-state index in [0.717, 1.165) is 12.8 Å². The second-order valence-electron chi connectivity index (χ2n) is 4.59. The fourth-order valence-corrected chi connectivity index (χ4v) is 2.07. The highest BCUT2D eigenvalue weighted by Gasteiger charge is 2.22. The SMILES string of the molecule is CCC[C@@H](CCCC(=O)OC)C(O)CC(=O)OCC. The van der Waals surface area contributed by atoms with Crippen molar-refractivity contribution >= 4 is 11.9 Å².